The van der Waals surface area contributed by atoms with E-state index in [-0.39, 0.29) is 0 Å². The summed E-state index contributed by atoms with van der Waals surface area (Å²) in [5.41, 5.74) is 6.50. The van der Waals surface area contributed by atoms with Gasteiger partial charge in [0.2, 0.25) is 0 Å². The molecule has 1 aromatic rings. The van der Waals surface area contributed by atoms with Crippen LogP contribution in [0, 0.1) is 0 Å². The molecule has 0 radical (unpaired) electrons. The molecule has 0 aromatic carbocycles. The summed E-state index contributed by atoms with van der Waals surface area (Å²) in [4.78, 5) is 6.94. The number of rotatable bonds is 6. The lowest BCUT2D eigenvalue weighted by molar-refractivity contribution is 0.328. The van der Waals surface area contributed by atoms with Crippen LogP contribution in [-0.2, 0) is 12.8 Å². The maximum atomic E-state index is 5.46. The molecule has 90 valence electrons. The molecule has 2 heterocycles. The molecule has 0 aliphatic carbocycles. The second kappa shape index (κ2) is 6.01. The van der Waals surface area contributed by atoms with E-state index in [1.165, 1.54) is 25.9 Å². The van der Waals surface area contributed by atoms with Crippen molar-refractivity contribution >= 4 is 0 Å². The molecule has 1 aliphatic heterocycles. The number of hydrogen-bond donors (Lipinski definition) is 1. The first-order valence-corrected chi connectivity index (χ1v) is 6.24. The van der Waals surface area contributed by atoms with Crippen LogP contribution in [-0.4, -0.2) is 36.1 Å². The van der Waals surface area contributed by atoms with E-state index in [0.717, 1.165) is 43.9 Å². The normalized spacial score (nSPS) is 17.1. The molecule has 1 aliphatic rings. The Morgan fingerprint density at radius 2 is 2.12 bits per heavy atom. The first kappa shape index (κ1) is 11.6. The summed E-state index contributed by atoms with van der Waals surface area (Å²) < 4.78 is 5.44. The molecule has 2 N–H and O–H groups in total. The van der Waals surface area contributed by atoms with Gasteiger partial charge in [0.15, 0.2) is 5.89 Å². The highest BCUT2D eigenvalue weighted by molar-refractivity contribution is 4.97. The SMILES string of the molecule is NCCCc1coc(CCN2CCCC2)n1. The molecule has 0 unspecified atom stereocenters. The van der Waals surface area contributed by atoms with Crippen molar-refractivity contribution in [3.05, 3.63) is 17.8 Å². The second-order valence-corrected chi connectivity index (χ2v) is 4.42. The first-order valence-electron chi connectivity index (χ1n) is 6.24. The third kappa shape index (κ3) is 3.32. The minimum atomic E-state index is 0.718. The third-order valence-electron chi connectivity index (χ3n) is 3.08. The number of hydrogen-bond acceptors (Lipinski definition) is 4. The highest BCUT2D eigenvalue weighted by atomic mass is 16.3. The van der Waals surface area contributed by atoms with Gasteiger partial charge in [-0.25, -0.2) is 4.98 Å². The number of oxazole rings is 1. The molecule has 0 amide bonds. The maximum Gasteiger partial charge on any atom is 0.195 e. The average Bonchev–Trinajstić information content (AvgIpc) is 2.95. The summed E-state index contributed by atoms with van der Waals surface area (Å²) in [5, 5.41) is 0. The van der Waals surface area contributed by atoms with Gasteiger partial charge < -0.3 is 15.1 Å². The quantitative estimate of drug-likeness (QED) is 0.787. The van der Waals surface area contributed by atoms with Gasteiger partial charge in [0.1, 0.15) is 6.26 Å². The molecule has 2 rings (SSSR count). The summed E-state index contributed by atoms with van der Waals surface area (Å²) in [6.45, 7) is 4.27. The molecule has 0 bridgehead atoms. The lowest BCUT2D eigenvalue weighted by Crippen LogP contribution is -2.22. The summed E-state index contributed by atoms with van der Waals surface area (Å²) in [7, 11) is 0. The van der Waals surface area contributed by atoms with Gasteiger partial charge in [-0.3, -0.25) is 0 Å². The summed E-state index contributed by atoms with van der Waals surface area (Å²) in [6, 6.07) is 0. The molecular formula is C12H21N3O. The molecular weight excluding hydrogens is 202 g/mol. The van der Waals surface area contributed by atoms with Gasteiger partial charge in [0, 0.05) is 13.0 Å². The van der Waals surface area contributed by atoms with Crippen LogP contribution in [0.25, 0.3) is 0 Å². The molecule has 1 saturated heterocycles. The summed E-state index contributed by atoms with van der Waals surface area (Å²) in [5.74, 6) is 0.874. The summed E-state index contributed by atoms with van der Waals surface area (Å²) >= 11 is 0. The average molecular weight is 223 g/mol. The Balaban J connectivity index is 1.73. The number of nitrogens with two attached hydrogens (primary N) is 1. The van der Waals surface area contributed by atoms with Crippen LogP contribution in [0.1, 0.15) is 30.8 Å². The molecule has 16 heavy (non-hydrogen) atoms. The van der Waals surface area contributed by atoms with Crippen LogP contribution in [0.4, 0.5) is 0 Å². The largest absolute Gasteiger partial charge is 0.449 e. The minimum absolute atomic E-state index is 0.718. The minimum Gasteiger partial charge on any atom is -0.449 e. The van der Waals surface area contributed by atoms with Gasteiger partial charge in [-0.05, 0) is 45.3 Å². The van der Waals surface area contributed by atoms with Crippen LogP contribution in [0.15, 0.2) is 10.7 Å². The van der Waals surface area contributed by atoms with Crippen molar-refractivity contribution < 1.29 is 4.42 Å². The molecule has 0 atom stereocenters. The monoisotopic (exact) mass is 223 g/mol. The zero-order chi connectivity index (χ0) is 11.2. The van der Waals surface area contributed by atoms with E-state index in [1.54, 1.807) is 6.26 Å². The maximum absolute atomic E-state index is 5.46. The first-order chi connectivity index (χ1) is 7.88. The van der Waals surface area contributed by atoms with Crippen molar-refractivity contribution in [2.24, 2.45) is 5.73 Å². The van der Waals surface area contributed by atoms with E-state index in [9.17, 15) is 0 Å². The zero-order valence-electron chi connectivity index (χ0n) is 9.82. The van der Waals surface area contributed by atoms with E-state index in [4.69, 9.17) is 10.2 Å². The smallest absolute Gasteiger partial charge is 0.195 e. The Hall–Kier alpha value is -0.870. The van der Waals surface area contributed by atoms with Gasteiger partial charge in [0.25, 0.3) is 0 Å². The van der Waals surface area contributed by atoms with Crippen molar-refractivity contribution in [1.29, 1.82) is 0 Å². The van der Waals surface area contributed by atoms with Gasteiger partial charge in [-0.15, -0.1) is 0 Å². The Morgan fingerprint density at radius 3 is 2.88 bits per heavy atom. The van der Waals surface area contributed by atoms with Gasteiger partial charge in [-0.2, -0.15) is 0 Å². The van der Waals surface area contributed by atoms with Crippen molar-refractivity contribution in [1.82, 2.24) is 9.88 Å². The lowest BCUT2D eigenvalue weighted by Gasteiger charge is -2.12. The fourth-order valence-corrected chi connectivity index (χ4v) is 2.12. The highest BCUT2D eigenvalue weighted by Gasteiger charge is 2.12. The molecule has 1 fully saturated rings. The predicted molar refractivity (Wildman–Crippen MR) is 63.3 cm³/mol. The van der Waals surface area contributed by atoms with Crippen LogP contribution in [0.5, 0.6) is 0 Å². The Morgan fingerprint density at radius 1 is 1.31 bits per heavy atom. The molecule has 1 aromatic heterocycles. The highest BCUT2D eigenvalue weighted by Crippen LogP contribution is 2.10. The van der Waals surface area contributed by atoms with Crippen molar-refractivity contribution in [3.63, 3.8) is 0 Å². The lowest BCUT2D eigenvalue weighted by atomic mass is 10.2. The standard InChI is InChI=1S/C12H21N3O/c13-6-3-4-11-10-16-12(14-11)5-9-15-7-1-2-8-15/h10H,1-9,13H2. The fraction of sp³-hybridized carbons (Fsp3) is 0.750. The van der Waals surface area contributed by atoms with E-state index >= 15 is 0 Å². The third-order valence-corrected chi connectivity index (χ3v) is 3.08. The molecule has 4 heteroatoms. The van der Waals surface area contributed by atoms with E-state index in [2.05, 4.69) is 9.88 Å². The van der Waals surface area contributed by atoms with Crippen LogP contribution in [0.2, 0.25) is 0 Å². The van der Waals surface area contributed by atoms with Crippen molar-refractivity contribution in [3.8, 4) is 0 Å². The number of likely N-dealkylation sites (tertiary alicyclic amines) is 1. The topological polar surface area (TPSA) is 55.3 Å². The molecule has 0 spiro atoms. The second-order valence-electron chi connectivity index (χ2n) is 4.42. The van der Waals surface area contributed by atoms with Crippen LogP contribution >= 0.6 is 0 Å². The van der Waals surface area contributed by atoms with Crippen molar-refractivity contribution in [2.45, 2.75) is 32.1 Å². The molecule has 4 nitrogen and oxygen atoms in total. The predicted octanol–water partition coefficient (Wildman–Crippen LogP) is 1.20. The number of aryl methyl sites for hydroxylation is 1. The number of aromatic nitrogens is 1. The fourth-order valence-electron chi connectivity index (χ4n) is 2.12. The Labute approximate surface area is 96.8 Å². The summed E-state index contributed by atoms with van der Waals surface area (Å²) in [6.07, 6.45) is 7.31. The van der Waals surface area contributed by atoms with Crippen LogP contribution in [0.3, 0.4) is 0 Å². The van der Waals surface area contributed by atoms with Crippen molar-refractivity contribution in [2.75, 3.05) is 26.2 Å². The van der Waals surface area contributed by atoms with E-state index in [1.807, 2.05) is 0 Å². The van der Waals surface area contributed by atoms with E-state index < -0.39 is 0 Å². The van der Waals surface area contributed by atoms with Gasteiger partial charge in [0.05, 0.1) is 5.69 Å². The number of nitrogens with zero attached hydrogens (tertiary/aromatic N) is 2. The Kier molecular flexibility index (Phi) is 4.36. The molecule has 0 saturated carbocycles. The zero-order valence-corrected chi connectivity index (χ0v) is 9.82. The van der Waals surface area contributed by atoms with Gasteiger partial charge in [-0.1, -0.05) is 0 Å². The van der Waals surface area contributed by atoms with E-state index in [0.29, 0.717) is 0 Å². The van der Waals surface area contributed by atoms with Gasteiger partial charge >= 0.3 is 0 Å². The van der Waals surface area contributed by atoms with Crippen LogP contribution < -0.4 is 5.73 Å². The Bertz CT molecular complexity index is 305.